The molecule has 1 aromatic heterocycles. The third-order valence-corrected chi connectivity index (χ3v) is 5.25. The zero-order chi connectivity index (χ0) is 21.3. The van der Waals surface area contributed by atoms with Crippen molar-refractivity contribution in [2.45, 2.75) is 6.92 Å². The van der Waals surface area contributed by atoms with Crippen LogP contribution in [0.2, 0.25) is 0 Å². The number of anilines is 1. The van der Waals surface area contributed by atoms with Crippen LogP contribution in [0.5, 0.6) is 0 Å². The first-order valence-electron chi connectivity index (χ1n) is 9.57. The van der Waals surface area contributed by atoms with E-state index < -0.39 is 18.4 Å². The predicted octanol–water partition coefficient (Wildman–Crippen LogP) is 3.53. The molecule has 0 radical (unpaired) electrons. The molecule has 156 valence electrons. The van der Waals surface area contributed by atoms with Gasteiger partial charge in [0.05, 0.1) is 5.69 Å². The zero-order valence-corrected chi connectivity index (χ0v) is 16.4. The molecule has 6 nitrogen and oxygen atoms in total. The van der Waals surface area contributed by atoms with Crippen LogP contribution in [-0.4, -0.2) is 49.6 Å². The van der Waals surface area contributed by atoms with Crippen molar-refractivity contribution in [2.75, 3.05) is 37.7 Å². The fourth-order valence-electron chi connectivity index (χ4n) is 3.59. The Morgan fingerprint density at radius 1 is 1.00 bits per heavy atom. The largest absolute Gasteiger partial charge is 0.450 e. The van der Waals surface area contributed by atoms with Gasteiger partial charge in [-0.3, -0.25) is 4.79 Å². The van der Waals surface area contributed by atoms with Crippen molar-refractivity contribution in [3.8, 4) is 0 Å². The number of rotatable bonds is 4. The number of hydrogen-bond donors (Lipinski definition) is 0. The Bertz CT molecular complexity index is 1100. The maximum absolute atomic E-state index is 13.9. The Morgan fingerprint density at radius 2 is 1.70 bits per heavy atom. The number of halogens is 2. The quantitative estimate of drug-likeness (QED) is 0.612. The van der Waals surface area contributed by atoms with E-state index in [4.69, 9.17) is 9.15 Å². The summed E-state index contributed by atoms with van der Waals surface area (Å²) in [5.74, 6) is -2.16. The molecular weight excluding hydrogens is 394 g/mol. The average Bonchev–Trinajstić information content (AvgIpc) is 3.10. The number of piperazine rings is 1. The van der Waals surface area contributed by atoms with Gasteiger partial charge < -0.3 is 19.0 Å². The SMILES string of the molecule is Cc1c(C(=O)OCC(=O)N2CCN(c3ccccc3F)CC2)oc2c(F)cccc12. The van der Waals surface area contributed by atoms with Gasteiger partial charge in [0.25, 0.3) is 5.91 Å². The second-order valence-electron chi connectivity index (χ2n) is 7.07. The van der Waals surface area contributed by atoms with Crippen LogP contribution >= 0.6 is 0 Å². The molecule has 0 atom stereocenters. The fraction of sp³-hybridized carbons (Fsp3) is 0.273. The molecule has 0 bridgehead atoms. The van der Waals surface area contributed by atoms with Gasteiger partial charge in [0.15, 0.2) is 18.0 Å². The number of hydrogen-bond acceptors (Lipinski definition) is 5. The number of benzene rings is 2. The molecule has 0 saturated carbocycles. The minimum Gasteiger partial charge on any atom is -0.450 e. The average molecular weight is 414 g/mol. The van der Waals surface area contributed by atoms with Gasteiger partial charge in [-0.05, 0) is 25.1 Å². The number of carbonyl (C=O) groups excluding carboxylic acids is 2. The number of ether oxygens (including phenoxy) is 1. The summed E-state index contributed by atoms with van der Waals surface area (Å²) in [6.07, 6.45) is 0. The molecule has 2 heterocycles. The molecule has 0 aliphatic carbocycles. The van der Waals surface area contributed by atoms with Gasteiger partial charge >= 0.3 is 5.97 Å². The van der Waals surface area contributed by atoms with Crippen LogP contribution in [0.3, 0.4) is 0 Å². The normalized spacial score (nSPS) is 14.2. The van der Waals surface area contributed by atoms with Gasteiger partial charge in [-0.25, -0.2) is 13.6 Å². The smallest absolute Gasteiger partial charge is 0.375 e. The number of aryl methyl sites for hydroxylation is 1. The van der Waals surface area contributed by atoms with Crippen LogP contribution in [-0.2, 0) is 9.53 Å². The summed E-state index contributed by atoms with van der Waals surface area (Å²) in [5, 5.41) is 0.484. The number of nitrogens with zero attached hydrogens (tertiary/aromatic N) is 2. The first kappa shape index (κ1) is 19.9. The summed E-state index contributed by atoms with van der Waals surface area (Å²) in [4.78, 5) is 28.2. The summed E-state index contributed by atoms with van der Waals surface area (Å²) in [5.41, 5.74) is 0.946. The van der Waals surface area contributed by atoms with Gasteiger partial charge in [-0.2, -0.15) is 0 Å². The summed E-state index contributed by atoms with van der Waals surface area (Å²) >= 11 is 0. The molecule has 0 unspecified atom stereocenters. The highest BCUT2D eigenvalue weighted by Crippen LogP contribution is 2.27. The number of para-hydroxylation sites is 2. The highest BCUT2D eigenvalue weighted by atomic mass is 19.1. The number of carbonyl (C=O) groups is 2. The van der Waals surface area contributed by atoms with Crippen LogP contribution in [0.15, 0.2) is 46.9 Å². The Labute approximate surface area is 171 Å². The summed E-state index contributed by atoms with van der Waals surface area (Å²) in [6.45, 7) is 2.91. The van der Waals surface area contributed by atoms with Crippen molar-refractivity contribution in [1.29, 1.82) is 0 Å². The molecule has 0 N–H and O–H groups in total. The molecule has 30 heavy (non-hydrogen) atoms. The first-order valence-corrected chi connectivity index (χ1v) is 9.57. The highest BCUT2D eigenvalue weighted by Gasteiger charge is 2.25. The zero-order valence-electron chi connectivity index (χ0n) is 16.4. The van der Waals surface area contributed by atoms with Crippen LogP contribution in [0.4, 0.5) is 14.5 Å². The van der Waals surface area contributed by atoms with Crippen molar-refractivity contribution in [3.63, 3.8) is 0 Å². The Hall–Kier alpha value is -3.42. The Balaban J connectivity index is 1.34. The van der Waals surface area contributed by atoms with Gasteiger partial charge in [-0.15, -0.1) is 0 Å². The maximum Gasteiger partial charge on any atom is 0.375 e. The van der Waals surface area contributed by atoms with E-state index in [1.54, 1.807) is 36.1 Å². The Kier molecular flexibility index (Phi) is 5.39. The maximum atomic E-state index is 13.9. The number of fused-ring (bicyclic) bond motifs is 1. The fourth-order valence-corrected chi connectivity index (χ4v) is 3.59. The van der Waals surface area contributed by atoms with Crippen molar-refractivity contribution in [2.24, 2.45) is 0 Å². The topological polar surface area (TPSA) is 63.0 Å². The molecule has 8 heteroatoms. The molecule has 4 rings (SSSR count). The van der Waals surface area contributed by atoms with Crippen LogP contribution in [0, 0.1) is 18.6 Å². The number of amides is 1. The van der Waals surface area contributed by atoms with Crippen molar-refractivity contribution in [1.82, 2.24) is 4.90 Å². The molecule has 1 saturated heterocycles. The summed E-state index contributed by atoms with van der Waals surface area (Å²) in [6, 6.07) is 10.9. The molecule has 3 aromatic rings. The van der Waals surface area contributed by atoms with E-state index in [9.17, 15) is 18.4 Å². The monoisotopic (exact) mass is 414 g/mol. The second kappa shape index (κ2) is 8.14. The first-order chi connectivity index (χ1) is 14.5. The van der Waals surface area contributed by atoms with Gasteiger partial charge in [0.1, 0.15) is 5.82 Å². The number of esters is 1. The highest BCUT2D eigenvalue weighted by molar-refractivity contribution is 5.96. The van der Waals surface area contributed by atoms with Crippen molar-refractivity contribution in [3.05, 3.63) is 65.4 Å². The summed E-state index contributed by atoms with van der Waals surface area (Å²) < 4.78 is 38.2. The molecule has 1 amide bonds. The third kappa shape index (κ3) is 3.72. The molecule has 1 aliphatic rings. The lowest BCUT2D eigenvalue weighted by atomic mass is 10.1. The number of furan rings is 1. The minimum absolute atomic E-state index is 0.0162. The van der Waals surface area contributed by atoms with Gasteiger partial charge in [0, 0.05) is 37.1 Å². The standard InChI is InChI=1S/C22H20F2N2O4/c1-14-15-5-4-7-17(24)21(15)30-20(14)22(28)29-13-19(27)26-11-9-25(10-12-26)18-8-3-2-6-16(18)23/h2-8H,9-13H2,1H3. The summed E-state index contributed by atoms with van der Waals surface area (Å²) in [7, 11) is 0. The molecule has 1 aliphatic heterocycles. The van der Waals surface area contributed by atoms with E-state index >= 15 is 0 Å². The van der Waals surface area contributed by atoms with Crippen molar-refractivity contribution >= 4 is 28.5 Å². The second-order valence-corrected chi connectivity index (χ2v) is 7.07. The van der Waals surface area contributed by atoms with Crippen LogP contribution < -0.4 is 4.90 Å². The lowest BCUT2D eigenvalue weighted by Crippen LogP contribution is -2.50. The lowest BCUT2D eigenvalue weighted by molar-refractivity contribution is -0.134. The lowest BCUT2D eigenvalue weighted by Gasteiger charge is -2.36. The van der Waals surface area contributed by atoms with E-state index in [0.29, 0.717) is 42.8 Å². The van der Waals surface area contributed by atoms with E-state index in [-0.39, 0.29) is 23.1 Å². The molecular formula is C22H20F2N2O4. The van der Waals surface area contributed by atoms with E-state index in [1.807, 2.05) is 4.90 Å². The Morgan fingerprint density at radius 3 is 2.40 bits per heavy atom. The third-order valence-electron chi connectivity index (χ3n) is 5.25. The predicted molar refractivity (Wildman–Crippen MR) is 106 cm³/mol. The van der Waals surface area contributed by atoms with E-state index in [2.05, 4.69) is 0 Å². The van der Waals surface area contributed by atoms with Crippen LogP contribution in [0.1, 0.15) is 16.1 Å². The molecule has 2 aromatic carbocycles. The van der Waals surface area contributed by atoms with E-state index in [1.165, 1.54) is 18.2 Å². The van der Waals surface area contributed by atoms with Gasteiger partial charge in [-0.1, -0.05) is 24.3 Å². The van der Waals surface area contributed by atoms with Crippen molar-refractivity contribution < 1.29 is 27.5 Å². The van der Waals surface area contributed by atoms with Crippen LogP contribution in [0.25, 0.3) is 11.0 Å². The van der Waals surface area contributed by atoms with E-state index in [0.717, 1.165) is 0 Å². The molecule has 0 spiro atoms. The van der Waals surface area contributed by atoms with Gasteiger partial charge in [0.2, 0.25) is 5.76 Å². The minimum atomic E-state index is -0.818. The molecule has 1 fully saturated rings.